The second-order valence-corrected chi connectivity index (χ2v) is 6.33. The first kappa shape index (κ1) is 18.0. The molecule has 0 bridgehead atoms. The maximum atomic E-state index is 13.9. The van der Waals surface area contributed by atoms with Crippen LogP contribution in [0.5, 0.6) is 0 Å². The van der Waals surface area contributed by atoms with Gasteiger partial charge in [0, 0.05) is 18.5 Å². The monoisotopic (exact) mass is 363 g/mol. The first-order valence-electron chi connectivity index (χ1n) is 8.05. The zero-order chi connectivity index (χ0) is 18.8. The predicted octanol–water partition coefficient (Wildman–Crippen LogP) is 3.32. The number of hydrogen-bond acceptors (Lipinski definition) is 2. The standard InChI is InChI=1S/C19H16F3NO3/c20-12-3-1-11(2-4-12)9-23(10-18(24)25)19(26)16-8-15(16)14-6-5-13(21)7-17(14)22/h1-7,15-16H,8-10H2,(H,24,25). The van der Waals surface area contributed by atoms with E-state index < -0.39 is 47.7 Å². The van der Waals surface area contributed by atoms with Crippen LogP contribution in [0, 0.1) is 23.4 Å². The van der Waals surface area contributed by atoms with Crippen LogP contribution in [0.4, 0.5) is 13.2 Å². The molecule has 1 aliphatic rings. The molecule has 1 N–H and O–H groups in total. The molecular formula is C19H16F3NO3. The molecule has 2 aromatic rings. The van der Waals surface area contributed by atoms with E-state index in [0.29, 0.717) is 12.0 Å². The molecule has 2 atom stereocenters. The van der Waals surface area contributed by atoms with E-state index in [-0.39, 0.29) is 12.1 Å². The molecule has 3 rings (SSSR count). The van der Waals surface area contributed by atoms with Crippen LogP contribution < -0.4 is 0 Å². The maximum absolute atomic E-state index is 13.9. The highest BCUT2D eigenvalue weighted by molar-refractivity contribution is 5.86. The predicted molar refractivity (Wildman–Crippen MR) is 86.7 cm³/mol. The van der Waals surface area contributed by atoms with Crippen molar-refractivity contribution in [2.24, 2.45) is 5.92 Å². The summed E-state index contributed by atoms with van der Waals surface area (Å²) in [7, 11) is 0. The van der Waals surface area contributed by atoms with E-state index in [2.05, 4.69) is 0 Å². The van der Waals surface area contributed by atoms with Gasteiger partial charge in [0.25, 0.3) is 0 Å². The summed E-state index contributed by atoms with van der Waals surface area (Å²) in [5, 5.41) is 9.06. The molecule has 0 spiro atoms. The number of halogens is 3. The number of benzene rings is 2. The Balaban J connectivity index is 1.74. The number of carboxylic acids is 1. The molecule has 0 saturated heterocycles. The number of hydrogen-bond donors (Lipinski definition) is 1. The molecule has 2 unspecified atom stereocenters. The van der Waals surface area contributed by atoms with Gasteiger partial charge in [0.2, 0.25) is 5.91 Å². The van der Waals surface area contributed by atoms with E-state index in [4.69, 9.17) is 5.11 Å². The number of rotatable bonds is 6. The van der Waals surface area contributed by atoms with Crippen LogP contribution in [-0.4, -0.2) is 28.4 Å². The maximum Gasteiger partial charge on any atom is 0.323 e. The number of carboxylic acid groups (broad SMARTS) is 1. The summed E-state index contributed by atoms with van der Waals surface area (Å²) < 4.78 is 39.9. The highest BCUT2D eigenvalue weighted by Crippen LogP contribution is 2.49. The molecule has 1 fully saturated rings. The SMILES string of the molecule is O=C(O)CN(Cc1ccc(F)cc1)C(=O)C1CC1c1ccc(F)cc1F. The van der Waals surface area contributed by atoms with Crippen molar-refractivity contribution in [1.29, 1.82) is 0 Å². The van der Waals surface area contributed by atoms with Crippen LogP contribution in [0.15, 0.2) is 42.5 Å². The van der Waals surface area contributed by atoms with Gasteiger partial charge in [-0.15, -0.1) is 0 Å². The van der Waals surface area contributed by atoms with Crippen molar-refractivity contribution in [1.82, 2.24) is 4.90 Å². The van der Waals surface area contributed by atoms with Crippen molar-refractivity contribution in [3.8, 4) is 0 Å². The first-order chi connectivity index (χ1) is 12.3. The molecule has 0 aromatic heterocycles. The van der Waals surface area contributed by atoms with Crippen molar-refractivity contribution in [2.75, 3.05) is 6.54 Å². The minimum atomic E-state index is -1.18. The number of amides is 1. The third-order valence-corrected chi connectivity index (χ3v) is 4.39. The second-order valence-electron chi connectivity index (χ2n) is 6.33. The summed E-state index contributed by atoms with van der Waals surface area (Å²) in [4.78, 5) is 24.9. The fourth-order valence-electron chi connectivity index (χ4n) is 3.03. The van der Waals surface area contributed by atoms with E-state index in [1.807, 2.05) is 0 Å². The molecule has 1 saturated carbocycles. The Bertz CT molecular complexity index is 838. The van der Waals surface area contributed by atoms with Crippen molar-refractivity contribution >= 4 is 11.9 Å². The number of nitrogens with zero attached hydrogens (tertiary/aromatic N) is 1. The van der Waals surface area contributed by atoms with Gasteiger partial charge in [0.15, 0.2) is 0 Å². The van der Waals surface area contributed by atoms with E-state index in [9.17, 15) is 22.8 Å². The summed E-state index contributed by atoms with van der Waals surface area (Å²) in [5.74, 6) is -4.37. The Hall–Kier alpha value is -2.83. The largest absolute Gasteiger partial charge is 0.480 e. The molecule has 1 amide bonds. The van der Waals surface area contributed by atoms with Gasteiger partial charge in [0.1, 0.15) is 24.0 Å². The van der Waals surface area contributed by atoms with Crippen molar-refractivity contribution in [3.63, 3.8) is 0 Å². The third-order valence-electron chi connectivity index (χ3n) is 4.39. The summed E-state index contributed by atoms with van der Waals surface area (Å²) in [6.07, 6.45) is 0.376. The van der Waals surface area contributed by atoms with Gasteiger partial charge in [-0.05, 0) is 41.7 Å². The minimum absolute atomic E-state index is 0.0144. The van der Waals surface area contributed by atoms with Gasteiger partial charge in [-0.3, -0.25) is 9.59 Å². The van der Waals surface area contributed by atoms with Crippen LogP contribution >= 0.6 is 0 Å². The molecule has 136 valence electrons. The minimum Gasteiger partial charge on any atom is -0.480 e. The number of carbonyl (C=O) groups is 2. The van der Waals surface area contributed by atoms with Gasteiger partial charge in [-0.2, -0.15) is 0 Å². The van der Waals surface area contributed by atoms with Crippen LogP contribution in [0.3, 0.4) is 0 Å². The van der Waals surface area contributed by atoms with Crippen LogP contribution in [-0.2, 0) is 16.1 Å². The fraction of sp³-hybridized carbons (Fsp3) is 0.263. The molecule has 2 aromatic carbocycles. The average Bonchev–Trinajstić information content (AvgIpc) is 3.35. The lowest BCUT2D eigenvalue weighted by Crippen LogP contribution is -2.36. The van der Waals surface area contributed by atoms with Crippen molar-refractivity contribution in [3.05, 3.63) is 71.0 Å². The zero-order valence-corrected chi connectivity index (χ0v) is 13.7. The Morgan fingerprint density at radius 3 is 2.31 bits per heavy atom. The van der Waals surface area contributed by atoms with Gasteiger partial charge in [-0.25, -0.2) is 13.2 Å². The van der Waals surface area contributed by atoms with E-state index in [0.717, 1.165) is 17.0 Å². The summed E-state index contributed by atoms with van der Waals surface area (Å²) in [5.41, 5.74) is 0.841. The van der Waals surface area contributed by atoms with Crippen LogP contribution in [0.2, 0.25) is 0 Å². The summed E-state index contributed by atoms with van der Waals surface area (Å²) >= 11 is 0. The zero-order valence-electron chi connectivity index (χ0n) is 13.7. The number of aliphatic carboxylic acids is 1. The lowest BCUT2D eigenvalue weighted by Gasteiger charge is -2.21. The quantitative estimate of drug-likeness (QED) is 0.857. The van der Waals surface area contributed by atoms with Crippen molar-refractivity contribution in [2.45, 2.75) is 18.9 Å². The smallest absolute Gasteiger partial charge is 0.323 e. The van der Waals surface area contributed by atoms with E-state index in [1.165, 1.54) is 30.3 Å². The summed E-state index contributed by atoms with van der Waals surface area (Å²) in [6.45, 7) is -0.494. The Labute approximate surface area is 147 Å². The second kappa shape index (κ2) is 7.19. The van der Waals surface area contributed by atoms with Gasteiger partial charge >= 0.3 is 5.97 Å². The molecule has 7 heteroatoms. The molecule has 0 aliphatic heterocycles. The van der Waals surface area contributed by atoms with Crippen LogP contribution in [0.1, 0.15) is 23.5 Å². The van der Waals surface area contributed by atoms with Gasteiger partial charge < -0.3 is 10.0 Å². The van der Waals surface area contributed by atoms with E-state index >= 15 is 0 Å². The lowest BCUT2D eigenvalue weighted by molar-refractivity contribution is -0.145. The number of carbonyl (C=O) groups excluding carboxylic acids is 1. The molecule has 0 heterocycles. The molecule has 1 aliphatic carbocycles. The first-order valence-corrected chi connectivity index (χ1v) is 8.05. The Kier molecular flexibility index (Phi) is 4.97. The highest BCUT2D eigenvalue weighted by Gasteiger charge is 2.47. The highest BCUT2D eigenvalue weighted by atomic mass is 19.1. The Morgan fingerprint density at radius 1 is 1.04 bits per heavy atom. The van der Waals surface area contributed by atoms with E-state index in [1.54, 1.807) is 0 Å². The fourth-order valence-corrected chi connectivity index (χ4v) is 3.03. The van der Waals surface area contributed by atoms with Crippen LogP contribution in [0.25, 0.3) is 0 Å². The molecule has 26 heavy (non-hydrogen) atoms. The Morgan fingerprint density at radius 2 is 1.69 bits per heavy atom. The van der Waals surface area contributed by atoms with Crippen molar-refractivity contribution < 1.29 is 27.9 Å². The summed E-state index contributed by atoms with van der Waals surface area (Å²) in [6, 6.07) is 8.61. The normalized spacial score (nSPS) is 18.4. The van der Waals surface area contributed by atoms with Gasteiger partial charge in [0.05, 0.1) is 0 Å². The molecule has 4 nitrogen and oxygen atoms in total. The third kappa shape index (κ3) is 4.04. The van der Waals surface area contributed by atoms with Gasteiger partial charge in [-0.1, -0.05) is 18.2 Å². The molecular weight excluding hydrogens is 347 g/mol. The molecule has 0 radical (unpaired) electrons. The average molecular weight is 363 g/mol. The lowest BCUT2D eigenvalue weighted by atomic mass is 10.1. The topological polar surface area (TPSA) is 57.6 Å².